The third-order valence-electron chi connectivity index (χ3n) is 4.15. The molecule has 2 aromatic carbocycles. The van der Waals surface area contributed by atoms with E-state index in [-0.39, 0.29) is 0 Å². The molecular formula is C18H14N2O6P+. The van der Waals surface area contributed by atoms with Crippen LogP contribution >= 0.6 is 8.02 Å². The van der Waals surface area contributed by atoms with E-state index in [9.17, 15) is 19.2 Å². The second-order valence-corrected chi connectivity index (χ2v) is 7.94. The molecule has 2 unspecified atom stereocenters. The number of ketones is 2. The van der Waals surface area contributed by atoms with Crippen molar-refractivity contribution < 1.29 is 28.2 Å². The molecule has 0 radical (unpaired) electrons. The van der Waals surface area contributed by atoms with Gasteiger partial charge in [-0.2, -0.15) is 0 Å². The van der Waals surface area contributed by atoms with Gasteiger partial charge in [0, 0.05) is 11.1 Å². The minimum atomic E-state index is -3.41. The molecule has 1 spiro atoms. The number of hydrogen-bond acceptors (Lipinski definition) is 8. The van der Waals surface area contributed by atoms with E-state index in [1.807, 2.05) is 0 Å². The maximum absolute atomic E-state index is 12.5. The molecule has 2 aliphatic rings. The summed E-state index contributed by atoms with van der Waals surface area (Å²) in [7, 11) is -3.41. The van der Waals surface area contributed by atoms with Gasteiger partial charge in [-0.1, -0.05) is 70.8 Å². The molecule has 0 bridgehead atoms. The summed E-state index contributed by atoms with van der Waals surface area (Å²) in [6.45, 7) is 0. The van der Waals surface area contributed by atoms with Crippen molar-refractivity contribution in [2.45, 2.75) is 12.1 Å². The molecular weight excluding hydrogens is 371 g/mol. The fraction of sp³-hybridized carbons (Fsp3) is 0.111. The van der Waals surface area contributed by atoms with Crippen LogP contribution in [0.2, 0.25) is 0 Å². The van der Waals surface area contributed by atoms with Gasteiger partial charge in [-0.05, 0) is 0 Å². The minimum Gasteiger partial charge on any atom is -0.292 e. The highest BCUT2D eigenvalue weighted by atomic mass is 31.2. The van der Waals surface area contributed by atoms with Crippen molar-refractivity contribution in [3.05, 3.63) is 71.8 Å². The molecule has 2 saturated heterocycles. The van der Waals surface area contributed by atoms with Crippen LogP contribution in [0.5, 0.6) is 0 Å². The highest BCUT2D eigenvalue weighted by molar-refractivity contribution is 7.64. The topological polar surface area (TPSA) is 111 Å². The number of benzene rings is 2. The monoisotopic (exact) mass is 385 g/mol. The molecule has 0 aromatic heterocycles. The van der Waals surface area contributed by atoms with E-state index in [4.69, 9.17) is 9.05 Å². The van der Waals surface area contributed by atoms with Crippen LogP contribution < -0.4 is 10.2 Å². The van der Waals surface area contributed by atoms with Crippen LogP contribution in [-0.4, -0.2) is 35.6 Å². The highest BCUT2D eigenvalue weighted by Gasteiger charge is 2.69. The Bertz CT molecular complexity index is 856. The van der Waals surface area contributed by atoms with Gasteiger partial charge in [0.1, 0.15) is 0 Å². The molecule has 27 heavy (non-hydrogen) atoms. The number of nitrogens with one attached hydrogen (secondary N) is 2. The van der Waals surface area contributed by atoms with Gasteiger partial charge < -0.3 is 0 Å². The molecule has 2 aromatic rings. The van der Waals surface area contributed by atoms with Crippen molar-refractivity contribution in [2.24, 2.45) is 0 Å². The SMILES string of the molecule is O=C1O[P+]2(NC1C(=O)c1ccccc1)NC(C(=O)c1ccccc1)C(=O)O2. The van der Waals surface area contributed by atoms with Gasteiger partial charge in [-0.15, -0.1) is 0 Å². The Labute approximate surface area is 154 Å². The third kappa shape index (κ3) is 3.14. The van der Waals surface area contributed by atoms with Crippen molar-refractivity contribution in [2.75, 3.05) is 0 Å². The van der Waals surface area contributed by atoms with Gasteiger partial charge in [0.2, 0.25) is 12.1 Å². The first-order chi connectivity index (χ1) is 13.0. The first-order valence-corrected chi connectivity index (χ1v) is 9.72. The molecule has 2 N–H and O–H groups in total. The summed E-state index contributed by atoms with van der Waals surface area (Å²) in [6, 6.07) is 13.8. The maximum Gasteiger partial charge on any atom is 0.528 e. The number of rotatable bonds is 4. The predicted molar refractivity (Wildman–Crippen MR) is 94.5 cm³/mol. The van der Waals surface area contributed by atoms with Gasteiger partial charge in [-0.3, -0.25) is 9.59 Å². The molecule has 0 saturated carbocycles. The van der Waals surface area contributed by atoms with E-state index < -0.39 is 43.6 Å². The van der Waals surface area contributed by atoms with E-state index in [1.54, 1.807) is 60.7 Å². The quantitative estimate of drug-likeness (QED) is 0.462. The highest BCUT2D eigenvalue weighted by Crippen LogP contribution is 2.61. The Morgan fingerprint density at radius 1 is 0.704 bits per heavy atom. The molecule has 136 valence electrons. The fourth-order valence-electron chi connectivity index (χ4n) is 2.83. The first-order valence-electron chi connectivity index (χ1n) is 8.09. The summed E-state index contributed by atoms with van der Waals surface area (Å²) in [4.78, 5) is 49.5. The summed E-state index contributed by atoms with van der Waals surface area (Å²) in [5.41, 5.74) is 0.629. The average Bonchev–Trinajstić information content (AvgIpc) is 3.19. The van der Waals surface area contributed by atoms with E-state index in [1.165, 1.54) is 0 Å². The average molecular weight is 385 g/mol. The van der Waals surface area contributed by atoms with Gasteiger partial charge in [0.25, 0.3) is 0 Å². The molecule has 0 aliphatic carbocycles. The van der Waals surface area contributed by atoms with E-state index in [0.717, 1.165) is 0 Å². The number of carbonyl (C=O) groups is 4. The van der Waals surface area contributed by atoms with Crippen LogP contribution in [0.1, 0.15) is 20.7 Å². The normalized spacial score (nSPS) is 26.7. The summed E-state index contributed by atoms with van der Waals surface area (Å²) >= 11 is 0. The van der Waals surface area contributed by atoms with Gasteiger partial charge in [0.15, 0.2) is 11.6 Å². The number of Topliss-reactive ketones (excluding diaryl/α,β-unsaturated/α-hetero) is 2. The van der Waals surface area contributed by atoms with Gasteiger partial charge in [0.05, 0.1) is 0 Å². The number of carbonyl (C=O) groups excluding carboxylic acids is 4. The standard InChI is InChI=1S/C18H14N2O6P/c21-15(11-7-3-1-4-8-11)13-17(23)25-27(19-13)20-14(18(24)26-27)16(22)12-9-5-2-6-10-12/h1-10,13-14,19-20H/q+1. The van der Waals surface area contributed by atoms with Crippen LogP contribution in [0.3, 0.4) is 0 Å². The second-order valence-electron chi connectivity index (χ2n) is 5.96. The summed E-state index contributed by atoms with van der Waals surface area (Å²) in [6.07, 6.45) is 0. The minimum absolute atomic E-state index is 0.314. The summed E-state index contributed by atoms with van der Waals surface area (Å²) in [5.74, 6) is -2.73. The lowest BCUT2D eigenvalue weighted by atomic mass is 10.1. The zero-order valence-corrected chi connectivity index (χ0v) is 14.7. The third-order valence-corrected chi connectivity index (χ3v) is 6.22. The molecule has 2 aliphatic heterocycles. The molecule has 2 heterocycles. The Hall–Kier alpha value is -2.93. The Morgan fingerprint density at radius 2 is 1.07 bits per heavy atom. The number of hydrogen-bond donors (Lipinski definition) is 2. The Kier molecular flexibility index (Phi) is 4.31. The lowest BCUT2D eigenvalue weighted by Crippen LogP contribution is -2.39. The van der Waals surface area contributed by atoms with E-state index >= 15 is 0 Å². The van der Waals surface area contributed by atoms with Crippen molar-refractivity contribution >= 4 is 31.5 Å². The second kappa shape index (κ2) is 6.66. The van der Waals surface area contributed by atoms with Crippen LogP contribution in [0, 0.1) is 0 Å². The lowest BCUT2D eigenvalue weighted by Gasteiger charge is -2.08. The van der Waals surface area contributed by atoms with Crippen molar-refractivity contribution in [3.8, 4) is 0 Å². The summed E-state index contributed by atoms with van der Waals surface area (Å²) < 4.78 is 10.4. The van der Waals surface area contributed by atoms with Crippen LogP contribution in [0.25, 0.3) is 0 Å². The molecule has 2 fully saturated rings. The summed E-state index contributed by atoms with van der Waals surface area (Å²) in [5, 5.41) is 5.33. The van der Waals surface area contributed by atoms with E-state index in [2.05, 4.69) is 10.2 Å². The molecule has 2 atom stereocenters. The maximum atomic E-state index is 12.5. The van der Waals surface area contributed by atoms with Crippen LogP contribution in [-0.2, 0) is 18.6 Å². The first kappa shape index (κ1) is 17.5. The predicted octanol–water partition coefficient (Wildman–Crippen LogP) is 1.46. The van der Waals surface area contributed by atoms with Crippen LogP contribution in [0.4, 0.5) is 0 Å². The van der Waals surface area contributed by atoms with Gasteiger partial charge >= 0.3 is 20.0 Å². The molecule has 4 rings (SSSR count). The Balaban J connectivity index is 1.54. The zero-order valence-electron chi connectivity index (χ0n) is 13.8. The zero-order chi connectivity index (χ0) is 19.0. The van der Waals surface area contributed by atoms with Gasteiger partial charge in [-0.25, -0.2) is 18.6 Å². The smallest absolute Gasteiger partial charge is 0.292 e. The van der Waals surface area contributed by atoms with E-state index in [0.29, 0.717) is 11.1 Å². The molecule has 8 nitrogen and oxygen atoms in total. The molecule has 9 heteroatoms. The Morgan fingerprint density at radius 3 is 1.44 bits per heavy atom. The molecule has 0 amide bonds. The fourth-order valence-corrected chi connectivity index (χ4v) is 5.00. The van der Waals surface area contributed by atoms with Crippen molar-refractivity contribution in [1.29, 1.82) is 0 Å². The van der Waals surface area contributed by atoms with Crippen LogP contribution in [0.15, 0.2) is 60.7 Å². The van der Waals surface area contributed by atoms with Crippen molar-refractivity contribution in [1.82, 2.24) is 10.2 Å². The lowest BCUT2D eigenvalue weighted by molar-refractivity contribution is -0.134. The largest absolute Gasteiger partial charge is 0.528 e. The van der Waals surface area contributed by atoms with Crippen molar-refractivity contribution in [3.63, 3.8) is 0 Å².